The van der Waals surface area contributed by atoms with Crippen LogP contribution < -0.4 is 4.74 Å². The Morgan fingerprint density at radius 2 is 2.12 bits per heavy atom. The van der Waals surface area contributed by atoms with Gasteiger partial charge >= 0.3 is 0 Å². The van der Waals surface area contributed by atoms with Gasteiger partial charge in [-0.3, -0.25) is 9.48 Å². The molecule has 0 amide bonds. The fraction of sp³-hybridized carbons (Fsp3) is 0.421. The summed E-state index contributed by atoms with van der Waals surface area (Å²) in [5.41, 5.74) is 4.13. The molecule has 4 rings (SSSR count). The first-order chi connectivity index (χ1) is 12.4. The highest BCUT2D eigenvalue weighted by molar-refractivity contribution is 5.76. The summed E-state index contributed by atoms with van der Waals surface area (Å²) in [5, 5.41) is 4.50. The van der Waals surface area contributed by atoms with Gasteiger partial charge in [0.2, 0.25) is 0 Å². The Bertz CT molecular complexity index is 793. The molecule has 6 heteroatoms. The predicted octanol–water partition coefficient (Wildman–Crippen LogP) is 3.07. The molecule has 0 atom stereocenters. The summed E-state index contributed by atoms with van der Waals surface area (Å²) in [6, 6.07) is 5.99. The predicted molar refractivity (Wildman–Crippen MR) is 92.6 cm³/mol. The zero-order chi connectivity index (χ0) is 17.1. The van der Waals surface area contributed by atoms with Gasteiger partial charge in [-0.05, 0) is 55.0 Å². The Morgan fingerprint density at radius 3 is 2.92 bits per heavy atom. The average Bonchev–Trinajstić information content (AvgIpc) is 3.08. The van der Waals surface area contributed by atoms with Gasteiger partial charge < -0.3 is 9.47 Å². The second-order valence-corrected chi connectivity index (χ2v) is 6.43. The van der Waals surface area contributed by atoms with Crippen molar-refractivity contribution < 1.29 is 14.3 Å². The van der Waals surface area contributed by atoms with E-state index in [0.717, 1.165) is 38.8 Å². The van der Waals surface area contributed by atoms with E-state index in [1.807, 2.05) is 6.20 Å². The van der Waals surface area contributed by atoms with Crippen LogP contribution in [0, 0.1) is 0 Å². The lowest BCUT2D eigenvalue weighted by molar-refractivity contribution is -0.0290. The van der Waals surface area contributed by atoms with Crippen molar-refractivity contribution in [3.63, 3.8) is 0 Å². The summed E-state index contributed by atoms with van der Waals surface area (Å²) < 4.78 is 13.3. The molecule has 0 bridgehead atoms. The fourth-order valence-electron chi connectivity index (χ4n) is 3.42. The van der Waals surface area contributed by atoms with Gasteiger partial charge in [0.15, 0.2) is 6.29 Å². The van der Waals surface area contributed by atoms with Crippen LogP contribution in [0.5, 0.6) is 5.75 Å². The van der Waals surface area contributed by atoms with Gasteiger partial charge in [0.25, 0.3) is 0 Å². The van der Waals surface area contributed by atoms with Crippen LogP contribution in [0.15, 0.2) is 36.2 Å². The minimum Gasteiger partial charge on any atom is -0.487 e. The number of pyridine rings is 1. The van der Waals surface area contributed by atoms with Crippen molar-refractivity contribution in [1.29, 1.82) is 0 Å². The van der Waals surface area contributed by atoms with Crippen LogP contribution in [0.4, 0.5) is 0 Å². The van der Waals surface area contributed by atoms with E-state index in [4.69, 9.17) is 9.47 Å². The third kappa shape index (κ3) is 3.22. The number of aldehydes is 1. The number of hydrogen-bond acceptors (Lipinski definition) is 5. The lowest BCUT2D eigenvalue weighted by Crippen LogP contribution is -2.32. The van der Waals surface area contributed by atoms with Gasteiger partial charge in [-0.1, -0.05) is 0 Å². The monoisotopic (exact) mass is 339 g/mol. The minimum atomic E-state index is 0.335. The Kier molecular flexibility index (Phi) is 4.61. The second kappa shape index (κ2) is 7.19. The highest BCUT2D eigenvalue weighted by Gasteiger charge is 2.26. The van der Waals surface area contributed by atoms with Crippen molar-refractivity contribution >= 4 is 11.9 Å². The number of nitrogens with zero attached hydrogens (tertiary/aromatic N) is 3. The van der Waals surface area contributed by atoms with Gasteiger partial charge in [-0.2, -0.15) is 5.10 Å². The average molecular weight is 339 g/mol. The van der Waals surface area contributed by atoms with Crippen molar-refractivity contribution in [3.05, 3.63) is 47.6 Å². The molecule has 1 saturated heterocycles. The first-order valence-corrected chi connectivity index (χ1v) is 8.72. The SMILES string of the molecule is O=Cc1ncccc1OCC1=C(c2ccnn2C2COC2)CCCC1. The maximum atomic E-state index is 11.1. The Balaban J connectivity index is 1.59. The lowest BCUT2D eigenvalue weighted by Gasteiger charge is -2.29. The van der Waals surface area contributed by atoms with E-state index in [9.17, 15) is 4.79 Å². The minimum absolute atomic E-state index is 0.335. The van der Waals surface area contributed by atoms with E-state index in [1.54, 1.807) is 18.3 Å². The molecule has 0 aromatic carbocycles. The van der Waals surface area contributed by atoms with Gasteiger partial charge in [-0.25, -0.2) is 4.98 Å². The second-order valence-electron chi connectivity index (χ2n) is 6.43. The molecule has 0 N–H and O–H groups in total. The van der Waals surface area contributed by atoms with Crippen LogP contribution in [0.2, 0.25) is 0 Å². The summed E-state index contributed by atoms with van der Waals surface area (Å²) in [5.74, 6) is 0.538. The first-order valence-electron chi connectivity index (χ1n) is 8.72. The highest BCUT2D eigenvalue weighted by atomic mass is 16.5. The molecule has 1 aliphatic heterocycles. The number of ether oxygens (including phenoxy) is 2. The standard InChI is InChI=1S/C19H21N3O3/c23-10-17-19(6-3-8-20-17)25-11-14-4-1-2-5-16(14)18-7-9-21-22(18)15-12-24-13-15/h3,6-10,15H,1-2,4-5,11-13H2. The van der Waals surface area contributed by atoms with Crippen LogP contribution in [-0.4, -0.2) is 40.9 Å². The third-order valence-corrected chi connectivity index (χ3v) is 4.84. The molecule has 1 aliphatic carbocycles. The number of hydrogen-bond donors (Lipinski definition) is 0. The summed E-state index contributed by atoms with van der Waals surface area (Å²) in [7, 11) is 0. The van der Waals surface area contributed by atoms with Gasteiger partial charge in [0.1, 0.15) is 18.1 Å². The van der Waals surface area contributed by atoms with Crippen molar-refractivity contribution in [1.82, 2.24) is 14.8 Å². The van der Waals surface area contributed by atoms with Crippen molar-refractivity contribution in [2.75, 3.05) is 19.8 Å². The summed E-state index contributed by atoms with van der Waals surface area (Å²) in [6.45, 7) is 1.94. The molecule has 6 nitrogen and oxygen atoms in total. The van der Waals surface area contributed by atoms with Gasteiger partial charge in [0.05, 0.1) is 24.9 Å². The molecule has 0 saturated carbocycles. The molecule has 25 heavy (non-hydrogen) atoms. The van der Waals surface area contributed by atoms with Gasteiger partial charge in [-0.15, -0.1) is 0 Å². The number of allylic oxidation sites excluding steroid dienone is 1. The van der Waals surface area contributed by atoms with Crippen LogP contribution in [0.3, 0.4) is 0 Å². The number of carbonyl (C=O) groups excluding carboxylic acids is 1. The largest absolute Gasteiger partial charge is 0.487 e. The third-order valence-electron chi connectivity index (χ3n) is 4.84. The van der Waals surface area contributed by atoms with E-state index in [1.165, 1.54) is 23.3 Å². The summed E-state index contributed by atoms with van der Waals surface area (Å²) in [6.07, 6.45) is 8.58. The molecule has 2 aromatic heterocycles. The van der Waals surface area contributed by atoms with Crippen LogP contribution >= 0.6 is 0 Å². The van der Waals surface area contributed by atoms with Crippen LogP contribution in [-0.2, 0) is 4.74 Å². The van der Waals surface area contributed by atoms with Crippen LogP contribution in [0.25, 0.3) is 5.57 Å². The van der Waals surface area contributed by atoms with E-state index in [-0.39, 0.29) is 0 Å². The Morgan fingerprint density at radius 1 is 1.24 bits per heavy atom. The lowest BCUT2D eigenvalue weighted by atomic mass is 9.90. The fourth-order valence-corrected chi connectivity index (χ4v) is 3.42. The van der Waals surface area contributed by atoms with Crippen molar-refractivity contribution in [2.45, 2.75) is 31.7 Å². The molecular formula is C19H21N3O3. The zero-order valence-corrected chi connectivity index (χ0v) is 14.1. The highest BCUT2D eigenvalue weighted by Crippen LogP contribution is 2.34. The molecule has 0 unspecified atom stereocenters. The molecule has 0 spiro atoms. The number of aromatic nitrogens is 3. The molecule has 0 radical (unpaired) electrons. The van der Waals surface area contributed by atoms with E-state index in [0.29, 0.717) is 24.1 Å². The topological polar surface area (TPSA) is 66.2 Å². The van der Waals surface area contributed by atoms with Crippen molar-refractivity contribution in [3.8, 4) is 5.75 Å². The smallest absolute Gasteiger partial charge is 0.172 e. The molecule has 2 aromatic rings. The number of carbonyl (C=O) groups is 1. The van der Waals surface area contributed by atoms with Crippen molar-refractivity contribution in [2.24, 2.45) is 0 Å². The normalized spacial score (nSPS) is 18.1. The summed E-state index contributed by atoms with van der Waals surface area (Å²) >= 11 is 0. The molecule has 1 fully saturated rings. The van der Waals surface area contributed by atoms with Gasteiger partial charge in [0, 0.05) is 12.4 Å². The number of rotatable bonds is 6. The Hall–Kier alpha value is -2.47. The Labute approximate surface area is 146 Å². The molecule has 130 valence electrons. The molecule has 2 aliphatic rings. The van der Waals surface area contributed by atoms with E-state index in [2.05, 4.69) is 20.8 Å². The summed E-state index contributed by atoms with van der Waals surface area (Å²) in [4.78, 5) is 15.2. The maximum absolute atomic E-state index is 11.1. The zero-order valence-electron chi connectivity index (χ0n) is 14.1. The maximum Gasteiger partial charge on any atom is 0.172 e. The van der Waals surface area contributed by atoms with E-state index >= 15 is 0 Å². The first kappa shape index (κ1) is 16.0. The quantitative estimate of drug-likeness (QED) is 0.757. The molecule has 3 heterocycles. The van der Waals surface area contributed by atoms with E-state index < -0.39 is 0 Å². The molecular weight excluding hydrogens is 318 g/mol. The van der Waals surface area contributed by atoms with Crippen LogP contribution in [0.1, 0.15) is 47.9 Å².